The van der Waals surface area contributed by atoms with Gasteiger partial charge < -0.3 is 4.89 Å². The zero-order valence-electron chi connectivity index (χ0n) is 7.44. The van der Waals surface area contributed by atoms with Crippen molar-refractivity contribution in [3.8, 4) is 0 Å². The maximum absolute atomic E-state index is 8.66. The third kappa shape index (κ3) is 6.51. The smallest absolute Gasteiger partial charge is 0.0109 e. The van der Waals surface area contributed by atoms with Crippen molar-refractivity contribution < 1.29 is 4.89 Å². The summed E-state index contributed by atoms with van der Waals surface area (Å²) in [5.41, 5.74) is 0.416. The zero-order valence-corrected chi connectivity index (χ0v) is 8.44. The summed E-state index contributed by atoms with van der Waals surface area (Å²) >= 11 is 0. The summed E-state index contributed by atoms with van der Waals surface area (Å²) in [6.45, 7) is 8.92. The van der Waals surface area contributed by atoms with Gasteiger partial charge in [0.2, 0.25) is 0 Å². The van der Waals surface area contributed by atoms with Crippen molar-refractivity contribution in [3.05, 3.63) is 0 Å². The first-order chi connectivity index (χ1) is 4.45. The van der Waals surface area contributed by atoms with Gasteiger partial charge >= 0.3 is 0 Å². The highest BCUT2D eigenvalue weighted by Crippen LogP contribution is 2.26. The van der Waals surface area contributed by atoms with Crippen molar-refractivity contribution >= 4 is 8.81 Å². The van der Waals surface area contributed by atoms with Gasteiger partial charge in [0.05, 0.1) is 0 Å². The molecule has 2 heteroatoms. The molecule has 1 nitrogen and oxygen atoms in total. The molecule has 0 rings (SSSR count). The van der Waals surface area contributed by atoms with E-state index in [0.717, 1.165) is 6.16 Å². The molecule has 0 aliphatic heterocycles. The molecule has 2 unspecified atom stereocenters. The summed E-state index contributed by atoms with van der Waals surface area (Å²) in [7, 11) is 0.124. The van der Waals surface area contributed by atoms with E-state index in [2.05, 4.69) is 27.7 Å². The van der Waals surface area contributed by atoms with Gasteiger partial charge in [-0.2, -0.15) is 0 Å². The molecule has 0 radical (unpaired) electrons. The van der Waals surface area contributed by atoms with Gasteiger partial charge in [-0.05, 0) is 23.9 Å². The van der Waals surface area contributed by atoms with Crippen LogP contribution in [0.5, 0.6) is 0 Å². The van der Waals surface area contributed by atoms with Crippen LogP contribution in [0.15, 0.2) is 0 Å². The number of hydrogen-bond acceptors (Lipinski definition) is 1. The van der Waals surface area contributed by atoms with Crippen LogP contribution in [-0.4, -0.2) is 11.1 Å². The summed E-state index contributed by atoms with van der Waals surface area (Å²) in [6.07, 6.45) is 2.18. The van der Waals surface area contributed by atoms with E-state index in [1.165, 1.54) is 6.42 Å². The molecule has 10 heavy (non-hydrogen) atoms. The van der Waals surface area contributed by atoms with E-state index in [9.17, 15) is 0 Å². The Morgan fingerprint density at radius 2 is 1.90 bits per heavy atom. The normalized spacial score (nSPS) is 16.5. The molecular formula is C8H19OP. The first-order valence-electron chi connectivity index (χ1n) is 3.82. The van der Waals surface area contributed by atoms with Crippen molar-refractivity contribution in [1.29, 1.82) is 0 Å². The lowest BCUT2D eigenvalue weighted by Gasteiger charge is -2.22. The maximum atomic E-state index is 8.66. The van der Waals surface area contributed by atoms with Gasteiger partial charge in [0, 0.05) is 8.81 Å². The maximum Gasteiger partial charge on any atom is 0.0109 e. The standard InChI is InChI=1S/C8H19OP/c1-7(6-10-9)5-8(2,3)4/h7,9-10H,5-6H2,1-4H3. The van der Waals surface area contributed by atoms with E-state index in [0.29, 0.717) is 11.3 Å². The Morgan fingerprint density at radius 1 is 1.40 bits per heavy atom. The second-order valence-corrected chi connectivity index (χ2v) is 4.96. The third-order valence-electron chi connectivity index (χ3n) is 1.40. The van der Waals surface area contributed by atoms with Crippen molar-refractivity contribution in [3.63, 3.8) is 0 Å². The van der Waals surface area contributed by atoms with E-state index in [-0.39, 0.29) is 8.81 Å². The van der Waals surface area contributed by atoms with Crippen LogP contribution in [0.4, 0.5) is 0 Å². The largest absolute Gasteiger partial charge is 0.377 e. The van der Waals surface area contributed by atoms with Crippen LogP contribution in [0.2, 0.25) is 0 Å². The Labute approximate surface area is 66.1 Å². The van der Waals surface area contributed by atoms with Gasteiger partial charge in [0.25, 0.3) is 0 Å². The topological polar surface area (TPSA) is 20.2 Å². The van der Waals surface area contributed by atoms with Crippen LogP contribution in [0.25, 0.3) is 0 Å². The molecule has 0 saturated heterocycles. The summed E-state index contributed by atoms with van der Waals surface area (Å²) < 4.78 is 0. The fraction of sp³-hybridized carbons (Fsp3) is 1.00. The van der Waals surface area contributed by atoms with Crippen molar-refractivity contribution in [1.82, 2.24) is 0 Å². The molecule has 0 saturated carbocycles. The second-order valence-electron chi connectivity index (χ2n) is 4.23. The minimum Gasteiger partial charge on any atom is -0.377 e. The predicted octanol–water partition coefficient (Wildman–Crippen LogP) is 2.64. The third-order valence-corrected chi connectivity index (χ3v) is 2.28. The summed E-state index contributed by atoms with van der Waals surface area (Å²) in [5.74, 6) is 0.670. The summed E-state index contributed by atoms with van der Waals surface area (Å²) in [5, 5.41) is 0. The second kappa shape index (κ2) is 4.31. The Bertz CT molecular complexity index is 85.7. The van der Waals surface area contributed by atoms with Gasteiger partial charge in [0.15, 0.2) is 0 Å². The van der Waals surface area contributed by atoms with Crippen LogP contribution in [0, 0.1) is 11.3 Å². The van der Waals surface area contributed by atoms with E-state index < -0.39 is 0 Å². The van der Waals surface area contributed by atoms with Gasteiger partial charge in [0.1, 0.15) is 0 Å². The van der Waals surface area contributed by atoms with E-state index >= 15 is 0 Å². The van der Waals surface area contributed by atoms with Gasteiger partial charge in [-0.1, -0.05) is 27.7 Å². The Balaban J connectivity index is 3.47. The molecule has 0 aromatic rings. The minimum atomic E-state index is 0.124. The fourth-order valence-corrected chi connectivity index (χ4v) is 1.73. The highest BCUT2D eigenvalue weighted by atomic mass is 31.1. The lowest BCUT2D eigenvalue weighted by molar-refractivity contribution is 0.321. The average Bonchev–Trinajstić information content (AvgIpc) is 1.59. The number of hydrogen-bond donors (Lipinski definition) is 1. The quantitative estimate of drug-likeness (QED) is 0.632. The molecule has 0 aromatic carbocycles. The zero-order chi connectivity index (χ0) is 8.20. The van der Waals surface area contributed by atoms with Gasteiger partial charge in [-0.15, -0.1) is 0 Å². The molecular weight excluding hydrogens is 143 g/mol. The lowest BCUT2D eigenvalue weighted by atomic mass is 9.86. The highest BCUT2D eigenvalue weighted by Gasteiger charge is 2.14. The van der Waals surface area contributed by atoms with Crippen molar-refractivity contribution in [2.24, 2.45) is 11.3 Å². The summed E-state index contributed by atoms with van der Waals surface area (Å²) in [4.78, 5) is 8.66. The molecule has 0 bridgehead atoms. The Morgan fingerprint density at radius 3 is 2.20 bits per heavy atom. The van der Waals surface area contributed by atoms with E-state index in [1.54, 1.807) is 0 Å². The Hall–Kier alpha value is 0.390. The minimum absolute atomic E-state index is 0.124. The molecule has 0 aromatic heterocycles. The van der Waals surface area contributed by atoms with Crippen LogP contribution in [-0.2, 0) is 0 Å². The van der Waals surface area contributed by atoms with Gasteiger partial charge in [-0.25, -0.2) is 0 Å². The van der Waals surface area contributed by atoms with E-state index in [4.69, 9.17) is 4.89 Å². The molecule has 1 N–H and O–H groups in total. The molecule has 0 aliphatic rings. The summed E-state index contributed by atoms with van der Waals surface area (Å²) in [6, 6.07) is 0. The highest BCUT2D eigenvalue weighted by molar-refractivity contribution is 7.31. The van der Waals surface area contributed by atoms with Crippen LogP contribution < -0.4 is 0 Å². The SMILES string of the molecule is CC(CPO)CC(C)(C)C. The molecule has 0 aliphatic carbocycles. The lowest BCUT2D eigenvalue weighted by Crippen LogP contribution is -2.11. The monoisotopic (exact) mass is 162 g/mol. The van der Waals surface area contributed by atoms with Gasteiger partial charge in [-0.3, -0.25) is 0 Å². The van der Waals surface area contributed by atoms with Crippen molar-refractivity contribution in [2.45, 2.75) is 34.1 Å². The van der Waals surface area contributed by atoms with Crippen LogP contribution in [0.3, 0.4) is 0 Å². The molecule has 0 heterocycles. The number of rotatable bonds is 3. The molecule has 0 fully saturated rings. The fourth-order valence-electron chi connectivity index (χ4n) is 1.27. The average molecular weight is 162 g/mol. The molecule has 0 spiro atoms. The van der Waals surface area contributed by atoms with Crippen LogP contribution >= 0.6 is 8.81 Å². The van der Waals surface area contributed by atoms with Crippen molar-refractivity contribution in [2.75, 3.05) is 6.16 Å². The molecule has 0 amide bonds. The molecule has 62 valence electrons. The first-order valence-corrected chi connectivity index (χ1v) is 4.98. The Kier molecular flexibility index (Phi) is 4.47. The molecule has 2 atom stereocenters. The van der Waals surface area contributed by atoms with E-state index in [1.807, 2.05) is 0 Å². The first kappa shape index (κ1) is 10.4. The van der Waals surface area contributed by atoms with Crippen LogP contribution in [0.1, 0.15) is 34.1 Å². The predicted molar refractivity (Wildman–Crippen MR) is 48.6 cm³/mol.